The van der Waals surface area contributed by atoms with Crippen molar-refractivity contribution in [3.05, 3.63) is 23.3 Å². The second-order valence-electron chi connectivity index (χ2n) is 4.29. The summed E-state index contributed by atoms with van der Waals surface area (Å²) in [5.74, 6) is 1.29. The van der Waals surface area contributed by atoms with Crippen LogP contribution in [-0.2, 0) is 4.74 Å². The van der Waals surface area contributed by atoms with Crippen molar-refractivity contribution in [1.82, 2.24) is 0 Å². The summed E-state index contributed by atoms with van der Waals surface area (Å²) < 4.78 is 5.52. The Morgan fingerprint density at radius 1 is 1.46 bits per heavy atom. The van der Waals surface area contributed by atoms with Gasteiger partial charge in [0.05, 0.1) is 13.2 Å². The van der Waals surface area contributed by atoms with E-state index < -0.39 is 0 Å². The molecular formula is C12H18O. The number of hydrogen-bond acceptors (Lipinski definition) is 1. The molecule has 0 N–H and O–H groups in total. The van der Waals surface area contributed by atoms with Crippen LogP contribution >= 0.6 is 0 Å². The van der Waals surface area contributed by atoms with Crippen molar-refractivity contribution in [1.29, 1.82) is 0 Å². The Balaban J connectivity index is 2.31. The highest BCUT2D eigenvalue weighted by atomic mass is 16.5. The molecule has 0 bridgehead atoms. The highest BCUT2D eigenvalue weighted by Gasteiger charge is 2.24. The minimum atomic E-state index is 0.597. The third kappa shape index (κ3) is 1.71. The summed E-state index contributed by atoms with van der Waals surface area (Å²) in [5, 5.41) is 0. The minimum Gasteiger partial charge on any atom is -0.376 e. The fourth-order valence-electron chi connectivity index (χ4n) is 2.33. The van der Waals surface area contributed by atoms with Gasteiger partial charge in [-0.1, -0.05) is 31.6 Å². The molecule has 1 heteroatoms. The zero-order valence-electron chi connectivity index (χ0n) is 8.55. The highest BCUT2D eigenvalue weighted by Crippen LogP contribution is 2.33. The van der Waals surface area contributed by atoms with Gasteiger partial charge in [-0.05, 0) is 24.3 Å². The van der Waals surface area contributed by atoms with Crippen molar-refractivity contribution in [2.24, 2.45) is 11.8 Å². The zero-order chi connectivity index (χ0) is 9.26. The molecule has 2 rings (SSSR count). The van der Waals surface area contributed by atoms with E-state index in [1.807, 2.05) is 0 Å². The summed E-state index contributed by atoms with van der Waals surface area (Å²) in [6.45, 7) is 6.37. The van der Waals surface area contributed by atoms with Gasteiger partial charge in [-0.3, -0.25) is 0 Å². The van der Waals surface area contributed by atoms with Gasteiger partial charge in [0, 0.05) is 5.92 Å². The first kappa shape index (κ1) is 9.01. The van der Waals surface area contributed by atoms with Crippen LogP contribution in [0.5, 0.6) is 0 Å². The van der Waals surface area contributed by atoms with E-state index in [0.717, 1.165) is 13.2 Å². The van der Waals surface area contributed by atoms with Gasteiger partial charge in [-0.2, -0.15) is 0 Å². The monoisotopic (exact) mass is 178 g/mol. The van der Waals surface area contributed by atoms with Gasteiger partial charge in [0.25, 0.3) is 0 Å². The largest absolute Gasteiger partial charge is 0.376 e. The smallest absolute Gasteiger partial charge is 0.0686 e. The van der Waals surface area contributed by atoms with E-state index in [4.69, 9.17) is 4.74 Å². The Morgan fingerprint density at radius 2 is 2.31 bits per heavy atom. The van der Waals surface area contributed by atoms with Crippen LogP contribution in [0.4, 0.5) is 0 Å². The summed E-state index contributed by atoms with van der Waals surface area (Å²) in [7, 11) is 0. The Labute approximate surface area is 80.5 Å². The number of hydrogen-bond donors (Lipinski definition) is 0. The van der Waals surface area contributed by atoms with Crippen molar-refractivity contribution in [2.45, 2.75) is 26.7 Å². The molecule has 0 amide bonds. The van der Waals surface area contributed by atoms with Crippen LogP contribution in [0, 0.1) is 11.8 Å². The minimum absolute atomic E-state index is 0.597. The van der Waals surface area contributed by atoms with E-state index in [-0.39, 0.29) is 0 Å². The molecular weight excluding hydrogens is 160 g/mol. The summed E-state index contributed by atoms with van der Waals surface area (Å²) in [6, 6.07) is 0. The van der Waals surface area contributed by atoms with E-state index in [1.54, 1.807) is 11.1 Å². The number of ether oxygens (including phenoxy) is 1. The fraction of sp³-hybridized carbons (Fsp3) is 0.667. The van der Waals surface area contributed by atoms with Gasteiger partial charge in [-0.25, -0.2) is 0 Å². The molecule has 1 fully saturated rings. The second-order valence-corrected chi connectivity index (χ2v) is 4.29. The quantitative estimate of drug-likeness (QED) is 0.561. The number of rotatable bonds is 1. The lowest BCUT2D eigenvalue weighted by Crippen LogP contribution is -2.04. The first-order valence-electron chi connectivity index (χ1n) is 5.25. The van der Waals surface area contributed by atoms with Crippen molar-refractivity contribution in [3.63, 3.8) is 0 Å². The van der Waals surface area contributed by atoms with Crippen molar-refractivity contribution in [3.8, 4) is 0 Å². The summed E-state index contributed by atoms with van der Waals surface area (Å²) in [4.78, 5) is 0. The van der Waals surface area contributed by atoms with Gasteiger partial charge in [0.1, 0.15) is 0 Å². The van der Waals surface area contributed by atoms with Crippen LogP contribution in [0.15, 0.2) is 23.3 Å². The molecule has 1 unspecified atom stereocenters. The topological polar surface area (TPSA) is 9.23 Å². The van der Waals surface area contributed by atoms with E-state index in [9.17, 15) is 0 Å². The summed E-state index contributed by atoms with van der Waals surface area (Å²) in [6.07, 6.45) is 7.10. The third-order valence-corrected chi connectivity index (χ3v) is 3.06. The van der Waals surface area contributed by atoms with Crippen LogP contribution in [0.2, 0.25) is 0 Å². The van der Waals surface area contributed by atoms with Crippen LogP contribution in [0.3, 0.4) is 0 Å². The first-order chi connectivity index (χ1) is 6.29. The van der Waals surface area contributed by atoms with Crippen LogP contribution in [-0.4, -0.2) is 13.2 Å². The predicted octanol–water partition coefficient (Wildman–Crippen LogP) is 2.94. The Hall–Kier alpha value is -0.560. The molecule has 0 saturated carbocycles. The van der Waals surface area contributed by atoms with Crippen LogP contribution in [0.25, 0.3) is 0 Å². The van der Waals surface area contributed by atoms with E-state index in [0.29, 0.717) is 11.8 Å². The molecule has 13 heavy (non-hydrogen) atoms. The van der Waals surface area contributed by atoms with Gasteiger partial charge in [-0.15, -0.1) is 0 Å². The Morgan fingerprint density at radius 3 is 3.08 bits per heavy atom. The summed E-state index contributed by atoms with van der Waals surface area (Å²) in [5.41, 5.74) is 3.22. The summed E-state index contributed by atoms with van der Waals surface area (Å²) >= 11 is 0. The van der Waals surface area contributed by atoms with Crippen molar-refractivity contribution >= 4 is 0 Å². The van der Waals surface area contributed by atoms with Gasteiger partial charge in [0.2, 0.25) is 0 Å². The lowest BCUT2D eigenvalue weighted by atomic mass is 9.90. The van der Waals surface area contributed by atoms with E-state index in [2.05, 4.69) is 26.0 Å². The van der Waals surface area contributed by atoms with Crippen LogP contribution < -0.4 is 0 Å². The Kier molecular flexibility index (Phi) is 2.54. The normalized spacial score (nSPS) is 28.1. The molecule has 1 aliphatic carbocycles. The molecule has 0 radical (unpaired) electrons. The molecule has 1 heterocycles. The molecule has 1 nitrogen and oxygen atoms in total. The SMILES string of the molecule is CC(C)C1=C2COCC2C=CCC1. The predicted molar refractivity (Wildman–Crippen MR) is 54.5 cm³/mol. The second kappa shape index (κ2) is 3.67. The molecule has 72 valence electrons. The zero-order valence-corrected chi connectivity index (χ0v) is 8.55. The van der Waals surface area contributed by atoms with Crippen molar-refractivity contribution in [2.75, 3.05) is 13.2 Å². The highest BCUT2D eigenvalue weighted by molar-refractivity contribution is 5.28. The molecule has 0 aromatic heterocycles. The fourth-order valence-corrected chi connectivity index (χ4v) is 2.33. The van der Waals surface area contributed by atoms with E-state index >= 15 is 0 Å². The molecule has 0 spiro atoms. The maximum absolute atomic E-state index is 5.52. The molecule has 1 aliphatic heterocycles. The Bertz CT molecular complexity index is 248. The molecule has 2 aliphatic rings. The lowest BCUT2D eigenvalue weighted by Gasteiger charge is -2.14. The number of fused-ring (bicyclic) bond motifs is 1. The molecule has 1 atom stereocenters. The lowest BCUT2D eigenvalue weighted by molar-refractivity contribution is 0.195. The average Bonchev–Trinajstić information content (AvgIpc) is 2.44. The molecule has 0 aromatic rings. The van der Waals surface area contributed by atoms with Gasteiger partial charge >= 0.3 is 0 Å². The molecule has 1 saturated heterocycles. The van der Waals surface area contributed by atoms with Gasteiger partial charge < -0.3 is 4.74 Å². The van der Waals surface area contributed by atoms with E-state index in [1.165, 1.54) is 12.8 Å². The number of allylic oxidation sites excluding steroid dienone is 2. The maximum atomic E-state index is 5.52. The van der Waals surface area contributed by atoms with Gasteiger partial charge in [0.15, 0.2) is 0 Å². The maximum Gasteiger partial charge on any atom is 0.0686 e. The van der Waals surface area contributed by atoms with Crippen LogP contribution in [0.1, 0.15) is 26.7 Å². The average molecular weight is 178 g/mol. The van der Waals surface area contributed by atoms with Crippen molar-refractivity contribution < 1.29 is 4.74 Å². The molecule has 0 aromatic carbocycles. The standard InChI is InChI=1S/C12H18O/c1-9(2)11-6-4-3-5-10-7-13-8-12(10)11/h3,5,9-10H,4,6-8H2,1-2H3. The third-order valence-electron chi connectivity index (χ3n) is 3.06. The first-order valence-corrected chi connectivity index (χ1v) is 5.25.